The van der Waals surface area contributed by atoms with Crippen molar-refractivity contribution < 1.29 is 14.6 Å². The molecule has 0 amide bonds. The molecule has 5 heteroatoms. The molecule has 1 aromatic carbocycles. The second kappa shape index (κ2) is 9.31. The first-order chi connectivity index (χ1) is 9.11. The van der Waals surface area contributed by atoms with E-state index in [9.17, 15) is 5.11 Å². The fraction of sp³-hybridized carbons (Fsp3) is 0.571. The summed E-state index contributed by atoms with van der Waals surface area (Å²) in [6, 6.07) is 7.87. The van der Waals surface area contributed by atoms with Gasteiger partial charge in [-0.3, -0.25) is 0 Å². The molecule has 0 aliphatic heterocycles. The van der Waals surface area contributed by atoms with Crippen LogP contribution in [0.25, 0.3) is 0 Å². The summed E-state index contributed by atoms with van der Waals surface area (Å²) in [5.41, 5.74) is 0. The lowest BCUT2D eigenvalue weighted by Gasteiger charge is -2.17. The number of aliphatic hydroxyl groups is 1. The predicted molar refractivity (Wildman–Crippen MR) is 79.6 cm³/mol. The molecule has 4 nitrogen and oxygen atoms in total. The minimum Gasteiger partial charge on any atom is -0.491 e. The molecule has 0 saturated heterocycles. The van der Waals surface area contributed by atoms with E-state index in [1.165, 1.54) is 0 Å². The Labute approximate surface area is 123 Å². The van der Waals surface area contributed by atoms with Crippen molar-refractivity contribution in [2.45, 2.75) is 25.5 Å². The Morgan fingerprint density at radius 3 is 2.63 bits per heavy atom. The third-order valence-electron chi connectivity index (χ3n) is 2.71. The van der Waals surface area contributed by atoms with E-state index in [0.717, 1.165) is 23.2 Å². The van der Waals surface area contributed by atoms with Gasteiger partial charge in [-0.2, -0.15) is 0 Å². The van der Waals surface area contributed by atoms with Crippen molar-refractivity contribution in [1.29, 1.82) is 0 Å². The number of methoxy groups -OCH3 is 1. The molecule has 1 rings (SSSR count). The van der Waals surface area contributed by atoms with E-state index in [1.807, 2.05) is 24.3 Å². The van der Waals surface area contributed by atoms with Gasteiger partial charge >= 0.3 is 0 Å². The lowest BCUT2D eigenvalue weighted by molar-refractivity contribution is 0.102. The van der Waals surface area contributed by atoms with Crippen LogP contribution in [0.3, 0.4) is 0 Å². The quantitative estimate of drug-likeness (QED) is 0.728. The van der Waals surface area contributed by atoms with Crippen LogP contribution < -0.4 is 10.1 Å². The Hall–Kier alpha value is -0.620. The van der Waals surface area contributed by atoms with E-state index in [2.05, 4.69) is 28.2 Å². The van der Waals surface area contributed by atoms with Gasteiger partial charge in [-0.15, -0.1) is 0 Å². The van der Waals surface area contributed by atoms with Crippen LogP contribution in [0.5, 0.6) is 5.75 Å². The number of aliphatic hydroxyl groups excluding tert-OH is 1. The van der Waals surface area contributed by atoms with Gasteiger partial charge < -0.3 is 19.9 Å². The van der Waals surface area contributed by atoms with Gasteiger partial charge in [0.2, 0.25) is 0 Å². The normalized spacial score (nSPS) is 14.1. The van der Waals surface area contributed by atoms with Gasteiger partial charge in [0, 0.05) is 30.8 Å². The molecule has 2 N–H and O–H groups in total. The maximum atomic E-state index is 9.81. The maximum Gasteiger partial charge on any atom is 0.119 e. The molecule has 0 spiro atoms. The van der Waals surface area contributed by atoms with Crippen molar-refractivity contribution in [1.82, 2.24) is 5.32 Å². The summed E-state index contributed by atoms with van der Waals surface area (Å²) in [4.78, 5) is 0. The molecule has 19 heavy (non-hydrogen) atoms. The zero-order valence-electron chi connectivity index (χ0n) is 11.4. The number of ether oxygens (including phenoxy) is 2. The standard InChI is InChI=1S/C14H22BrNO3/c1-11(7-8-18-2)16-9-13(17)10-19-14-5-3-12(15)4-6-14/h3-6,11,13,16-17H,7-10H2,1-2H3. The maximum absolute atomic E-state index is 9.81. The Balaban J connectivity index is 2.17. The second-order valence-corrected chi connectivity index (χ2v) is 5.43. The van der Waals surface area contributed by atoms with E-state index >= 15 is 0 Å². The second-order valence-electron chi connectivity index (χ2n) is 4.51. The van der Waals surface area contributed by atoms with Crippen LogP contribution in [-0.2, 0) is 4.74 Å². The van der Waals surface area contributed by atoms with Gasteiger partial charge in [0.05, 0.1) is 0 Å². The zero-order chi connectivity index (χ0) is 14.1. The highest BCUT2D eigenvalue weighted by molar-refractivity contribution is 9.10. The highest BCUT2D eigenvalue weighted by Crippen LogP contribution is 2.16. The van der Waals surface area contributed by atoms with Gasteiger partial charge in [-0.25, -0.2) is 0 Å². The van der Waals surface area contributed by atoms with Crippen molar-refractivity contribution >= 4 is 15.9 Å². The van der Waals surface area contributed by atoms with Crippen molar-refractivity contribution in [2.75, 3.05) is 26.9 Å². The molecule has 2 unspecified atom stereocenters. The molecule has 0 aliphatic carbocycles. The van der Waals surface area contributed by atoms with Gasteiger partial charge in [0.1, 0.15) is 18.5 Å². The molecule has 1 aromatic rings. The number of hydrogen-bond donors (Lipinski definition) is 2. The van der Waals surface area contributed by atoms with Gasteiger partial charge in [-0.05, 0) is 37.6 Å². The third kappa shape index (κ3) is 7.52. The average molecular weight is 332 g/mol. The van der Waals surface area contributed by atoms with E-state index in [4.69, 9.17) is 9.47 Å². The summed E-state index contributed by atoms with van der Waals surface area (Å²) < 4.78 is 11.5. The van der Waals surface area contributed by atoms with Gasteiger partial charge in [0.15, 0.2) is 0 Å². The van der Waals surface area contributed by atoms with Gasteiger partial charge in [0.25, 0.3) is 0 Å². The first-order valence-corrected chi connectivity index (χ1v) is 7.20. The van der Waals surface area contributed by atoms with Crippen LogP contribution in [0.2, 0.25) is 0 Å². The van der Waals surface area contributed by atoms with E-state index in [0.29, 0.717) is 12.6 Å². The highest BCUT2D eigenvalue weighted by Gasteiger charge is 2.08. The molecule has 0 saturated carbocycles. The molecule has 2 atom stereocenters. The molecular formula is C14H22BrNO3. The lowest BCUT2D eigenvalue weighted by Crippen LogP contribution is -2.37. The van der Waals surface area contributed by atoms with Crippen molar-refractivity contribution in [3.63, 3.8) is 0 Å². The molecule has 0 radical (unpaired) electrons. The Morgan fingerprint density at radius 1 is 1.32 bits per heavy atom. The molecular weight excluding hydrogens is 310 g/mol. The minimum absolute atomic E-state index is 0.283. The van der Waals surface area contributed by atoms with Crippen molar-refractivity contribution in [3.8, 4) is 5.75 Å². The van der Waals surface area contributed by atoms with Crippen LogP contribution in [0.15, 0.2) is 28.7 Å². The van der Waals surface area contributed by atoms with Crippen LogP contribution in [0.1, 0.15) is 13.3 Å². The Bertz CT molecular complexity index is 345. The molecule has 0 fully saturated rings. The minimum atomic E-state index is -0.520. The summed E-state index contributed by atoms with van der Waals surface area (Å²) in [7, 11) is 1.69. The fourth-order valence-corrected chi connectivity index (χ4v) is 1.78. The zero-order valence-corrected chi connectivity index (χ0v) is 13.0. The highest BCUT2D eigenvalue weighted by atomic mass is 79.9. The molecule has 0 aromatic heterocycles. The number of rotatable bonds is 9. The van der Waals surface area contributed by atoms with Crippen LogP contribution in [-0.4, -0.2) is 44.1 Å². The summed E-state index contributed by atoms with van der Waals surface area (Å²) >= 11 is 3.36. The van der Waals surface area contributed by atoms with Crippen LogP contribution >= 0.6 is 15.9 Å². The first kappa shape index (κ1) is 16.4. The summed E-state index contributed by atoms with van der Waals surface area (Å²) in [5.74, 6) is 0.759. The van der Waals surface area contributed by atoms with Crippen LogP contribution in [0.4, 0.5) is 0 Å². The molecule has 0 aliphatic rings. The molecule has 0 heterocycles. The Morgan fingerprint density at radius 2 is 2.00 bits per heavy atom. The topological polar surface area (TPSA) is 50.7 Å². The molecule has 0 bridgehead atoms. The van der Waals surface area contributed by atoms with E-state index in [-0.39, 0.29) is 6.61 Å². The van der Waals surface area contributed by atoms with Crippen molar-refractivity contribution in [2.24, 2.45) is 0 Å². The first-order valence-electron chi connectivity index (χ1n) is 6.40. The number of benzene rings is 1. The third-order valence-corrected chi connectivity index (χ3v) is 3.24. The van der Waals surface area contributed by atoms with E-state index in [1.54, 1.807) is 7.11 Å². The van der Waals surface area contributed by atoms with Gasteiger partial charge in [-0.1, -0.05) is 15.9 Å². The molecule has 108 valence electrons. The summed E-state index contributed by atoms with van der Waals surface area (Å²) in [6.07, 6.45) is 0.408. The number of nitrogens with one attached hydrogen (secondary N) is 1. The van der Waals surface area contributed by atoms with E-state index < -0.39 is 6.10 Å². The fourth-order valence-electron chi connectivity index (χ4n) is 1.52. The SMILES string of the molecule is COCCC(C)NCC(O)COc1ccc(Br)cc1. The number of hydrogen-bond acceptors (Lipinski definition) is 4. The smallest absolute Gasteiger partial charge is 0.119 e. The average Bonchev–Trinajstić information content (AvgIpc) is 2.42. The van der Waals surface area contributed by atoms with Crippen LogP contribution in [0, 0.1) is 0 Å². The monoisotopic (exact) mass is 331 g/mol. The van der Waals surface area contributed by atoms with Crippen molar-refractivity contribution in [3.05, 3.63) is 28.7 Å². The lowest BCUT2D eigenvalue weighted by atomic mass is 10.2. The summed E-state index contributed by atoms with van der Waals surface area (Å²) in [6.45, 7) is 3.59. The largest absolute Gasteiger partial charge is 0.491 e. The predicted octanol–water partition coefficient (Wildman–Crippen LogP) is 2.20. The number of halogens is 1. The Kier molecular flexibility index (Phi) is 8.05. The summed E-state index contributed by atoms with van der Waals surface area (Å²) in [5, 5.41) is 13.1.